The van der Waals surface area contributed by atoms with Crippen LogP contribution in [0.1, 0.15) is 17.4 Å². The first-order chi connectivity index (χ1) is 13.0. The van der Waals surface area contributed by atoms with Gasteiger partial charge in [0.25, 0.3) is 0 Å². The second-order valence-electron chi connectivity index (χ2n) is 6.03. The number of hydrogen-bond acceptors (Lipinski definition) is 5. The van der Waals surface area contributed by atoms with Crippen molar-refractivity contribution >= 4 is 35.0 Å². The minimum atomic E-state index is -0.553. The summed E-state index contributed by atoms with van der Waals surface area (Å²) in [6.45, 7) is 1.82. The molecule has 0 bridgehead atoms. The third kappa shape index (κ3) is 3.50. The number of nitrogens with one attached hydrogen (secondary N) is 2. The molecule has 0 saturated carbocycles. The highest BCUT2D eigenvalue weighted by molar-refractivity contribution is 8.00. The maximum atomic E-state index is 13.4. The van der Waals surface area contributed by atoms with E-state index in [0.29, 0.717) is 21.7 Å². The molecule has 2 aromatic carbocycles. The molecule has 1 aliphatic rings. The maximum absolute atomic E-state index is 13.4. The lowest BCUT2D eigenvalue weighted by molar-refractivity contribution is -0.116. The Bertz CT molecular complexity index is 994. The molecule has 1 aromatic heterocycles. The first-order valence-corrected chi connectivity index (χ1v) is 9.45. The Hall–Kier alpha value is -2.58. The molecule has 4 rings (SSSR count). The Labute approximate surface area is 164 Å². The molecule has 0 unspecified atom stereocenters. The quantitative estimate of drug-likeness (QED) is 0.696. The molecule has 0 radical (unpaired) electrons. The second kappa shape index (κ2) is 7.21. The number of thioether (sulfide) groups is 1. The molecule has 0 spiro atoms. The fraction of sp³-hybridized carbons (Fsp3) is 0.167. The van der Waals surface area contributed by atoms with Crippen LogP contribution in [0.2, 0.25) is 5.02 Å². The van der Waals surface area contributed by atoms with E-state index in [1.807, 2.05) is 6.92 Å². The van der Waals surface area contributed by atoms with Gasteiger partial charge in [0.2, 0.25) is 11.1 Å². The first kappa shape index (κ1) is 17.8. The number of rotatable bonds is 3. The molecule has 2 heterocycles. The number of fused-ring (bicyclic) bond motifs is 1. The van der Waals surface area contributed by atoms with Crippen molar-refractivity contribution < 1.29 is 9.18 Å². The molecule has 0 aliphatic carbocycles. The molecular formula is C18H15ClFN5OS. The van der Waals surface area contributed by atoms with Gasteiger partial charge in [-0.25, -0.2) is 9.07 Å². The van der Waals surface area contributed by atoms with E-state index in [0.717, 1.165) is 5.56 Å². The van der Waals surface area contributed by atoms with Gasteiger partial charge >= 0.3 is 0 Å². The van der Waals surface area contributed by atoms with Crippen LogP contribution >= 0.6 is 23.4 Å². The summed E-state index contributed by atoms with van der Waals surface area (Å²) in [4.78, 5) is 13.0. The normalized spacial score (nSPS) is 18.5. The van der Waals surface area contributed by atoms with E-state index in [-0.39, 0.29) is 11.7 Å². The van der Waals surface area contributed by atoms with Crippen molar-refractivity contribution in [1.82, 2.24) is 14.9 Å². The van der Waals surface area contributed by atoms with E-state index >= 15 is 0 Å². The average Bonchev–Trinajstić information content (AvgIpc) is 3.03. The molecule has 0 saturated heterocycles. The first-order valence-electron chi connectivity index (χ1n) is 8.19. The summed E-state index contributed by atoms with van der Waals surface area (Å²) in [7, 11) is 0. The van der Waals surface area contributed by atoms with Crippen LogP contribution in [0.25, 0.3) is 0 Å². The average molecular weight is 404 g/mol. The van der Waals surface area contributed by atoms with Crippen LogP contribution in [0, 0.1) is 12.7 Å². The molecule has 0 fully saturated rings. The monoisotopic (exact) mass is 403 g/mol. The van der Waals surface area contributed by atoms with Gasteiger partial charge in [-0.2, -0.15) is 0 Å². The Morgan fingerprint density at radius 1 is 1.22 bits per heavy atom. The van der Waals surface area contributed by atoms with Crippen molar-refractivity contribution in [3.05, 3.63) is 70.8 Å². The highest BCUT2D eigenvalue weighted by Crippen LogP contribution is 2.37. The van der Waals surface area contributed by atoms with Crippen LogP contribution in [0.4, 0.5) is 10.1 Å². The number of anilines is 1. The third-order valence-electron chi connectivity index (χ3n) is 4.22. The molecule has 138 valence electrons. The molecule has 1 amide bonds. The smallest absolute Gasteiger partial charge is 0.240 e. The number of carbonyl (C=O) groups excluding carboxylic acids is 1. The van der Waals surface area contributed by atoms with Gasteiger partial charge in [0.1, 0.15) is 16.9 Å². The molecule has 1 aliphatic heterocycles. The minimum absolute atomic E-state index is 0.234. The standard InChI is InChI=1S/C18H15ClFN5OS/c1-10-22-23-18-25(10)24-15(11-6-8-12(20)9-7-11)16(27-18)17(26)21-14-5-3-2-4-13(14)19/h2-9,15-16,24H,1H3,(H,21,26)/t15-,16+/m1/s1. The number of carbonyl (C=O) groups is 1. The molecule has 9 heteroatoms. The van der Waals surface area contributed by atoms with Gasteiger partial charge in [-0.15, -0.1) is 10.2 Å². The molecule has 3 aromatic rings. The summed E-state index contributed by atoms with van der Waals surface area (Å²) in [5.41, 5.74) is 4.58. The number of benzene rings is 2. The minimum Gasteiger partial charge on any atom is -0.324 e. The Balaban J connectivity index is 1.68. The van der Waals surface area contributed by atoms with Crippen molar-refractivity contribution in [1.29, 1.82) is 0 Å². The van der Waals surface area contributed by atoms with Crippen LogP contribution in [0.5, 0.6) is 0 Å². The van der Waals surface area contributed by atoms with E-state index < -0.39 is 11.3 Å². The summed E-state index contributed by atoms with van der Waals surface area (Å²) in [5, 5.41) is 11.5. The third-order valence-corrected chi connectivity index (χ3v) is 5.76. The fourth-order valence-electron chi connectivity index (χ4n) is 2.85. The van der Waals surface area contributed by atoms with E-state index in [9.17, 15) is 9.18 Å². The van der Waals surface area contributed by atoms with E-state index in [1.54, 1.807) is 41.1 Å². The summed E-state index contributed by atoms with van der Waals surface area (Å²) in [6, 6.07) is 12.7. The zero-order chi connectivity index (χ0) is 19.0. The Morgan fingerprint density at radius 2 is 1.96 bits per heavy atom. The lowest BCUT2D eigenvalue weighted by Gasteiger charge is -2.32. The number of nitrogens with zero attached hydrogens (tertiary/aromatic N) is 3. The zero-order valence-corrected chi connectivity index (χ0v) is 15.8. The highest BCUT2D eigenvalue weighted by atomic mass is 35.5. The number of aromatic nitrogens is 3. The zero-order valence-electron chi connectivity index (χ0n) is 14.2. The largest absolute Gasteiger partial charge is 0.324 e. The Morgan fingerprint density at radius 3 is 2.70 bits per heavy atom. The summed E-state index contributed by atoms with van der Waals surface area (Å²) in [6.07, 6.45) is 0. The summed E-state index contributed by atoms with van der Waals surface area (Å²) < 4.78 is 15.1. The number of hydrogen-bond donors (Lipinski definition) is 2. The maximum Gasteiger partial charge on any atom is 0.240 e. The van der Waals surface area contributed by atoms with Crippen molar-refractivity contribution in [3.8, 4) is 0 Å². The molecule has 2 N–H and O–H groups in total. The molecule has 6 nitrogen and oxygen atoms in total. The SMILES string of the molecule is Cc1nnc2n1N[C@H](c1ccc(F)cc1)[C@@H](C(=O)Nc1ccccc1Cl)S2. The lowest BCUT2D eigenvalue weighted by Crippen LogP contribution is -2.41. The van der Waals surface area contributed by atoms with Crippen LogP contribution in [-0.4, -0.2) is 26.0 Å². The van der Waals surface area contributed by atoms with Gasteiger partial charge in [0.05, 0.1) is 16.8 Å². The molecule has 27 heavy (non-hydrogen) atoms. The lowest BCUT2D eigenvalue weighted by atomic mass is 10.0. The van der Waals surface area contributed by atoms with Crippen LogP contribution in [0.15, 0.2) is 53.7 Å². The number of halogens is 2. The van der Waals surface area contributed by atoms with E-state index in [1.165, 1.54) is 23.9 Å². The van der Waals surface area contributed by atoms with Gasteiger partial charge in [-0.1, -0.05) is 47.6 Å². The number of amides is 1. The van der Waals surface area contributed by atoms with Crippen LogP contribution in [-0.2, 0) is 4.79 Å². The van der Waals surface area contributed by atoms with Crippen molar-refractivity contribution in [2.24, 2.45) is 0 Å². The highest BCUT2D eigenvalue weighted by Gasteiger charge is 2.37. The number of para-hydroxylation sites is 1. The van der Waals surface area contributed by atoms with E-state index in [4.69, 9.17) is 11.6 Å². The van der Waals surface area contributed by atoms with Crippen LogP contribution in [0.3, 0.4) is 0 Å². The predicted octanol–water partition coefficient (Wildman–Crippen LogP) is 3.78. The van der Waals surface area contributed by atoms with Crippen molar-refractivity contribution in [2.45, 2.75) is 23.4 Å². The van der Waals surface area contributed by atoms with Crippen molar-refractivity contribution in [2.75, 3.05) is 10.7 Å². The Kier molecular flexibility index (Phi) is 4.75. The van der Waals surface area contributed by atoms with Gasteiger partial charge in [-0.05, 0) is 36.8 Å². The number of aryl methyl sites for hydroxylation is 1. The fourth-order valence-corrected chi connectivity index (χ4v) is 4.16. The van der Waals surface area contributed by atoms with Crippen LogP contribution < -0.4 is 10.7 Å². The summed E-state index contributed by atoms with van der Waals surface area (Å²) >= 11 is 7.45. The topological polar surface area (TPSA) is 71.8 Å². The second-order valence-corrected chi connectivity index (χ2v) is 7.55. The van der Waals surface area contributed by atoms with Crippen molar-refractivity contribution in [3.63, 3.8) is 0 Å². The van der Waals surface area contributed by atoms with E-state index in [2.05, 4.69) is 20.9 Å². The van der Waals surface area contributed by atoms with Gasteiger partial charge in [0, 0.05) is 0 Å². The molecule has 2 atom stereocenters. The van der Waals surface area contributed by atoms with Gasteiger partial charge in [-0.3, -0.25) is 4.79 Å². The van der Waals surface area contributed by atoms with Gasteiger partial charge in [0.15, 0.2) is 0 Å². The summed E-state index contributed by atoms with van der Waals surface area (Å²) in [5.74, 6) is 0.108. The predicted molar refractivity (Wildman–Crippen MR) is 103 cm³/mol. The molecular weight excluding hydrogens is 389 g/mol. The van der Waals surface area contributed by atoms with Gasteiger partial charge < -0.3 is 10.7 Å².